The van der Waals surface area contributed by atoms with Crippen LogP contribution in [-0.2, 0) is 11.2 Å². The van der Waals surface area contributed by atoms with E-state index >= 15 is 0 Å². The van der Waals surface area contributed by atoms with Crippen molar-refractivity contribution in [2.75, 3.05) is 32.8 Å². The minimum atomic E-state index is -0.438. The average molecular weight is 241 g/mol. The molecule has 1 aromatic rings. The second-order valence-electron chi connectivity index (χ2n) is 4.26. The molecule has 0 unspecified atom stereocenters. The van der Waals surface area contributed by atoms with Gasteiger partial charge in [0.25, 0.3) is 0 Å². The Kier molecular flexibility index (Phi) is 4.45. The third kappa shape index (κ3) is 3.48. The van der Waals surface area contributed by atoms with Gasteiger partial charge >= 0.3 is 0 Å². The number of rotatable bonds is 4. The summed E-state index contributed by atoms with van der Waals surface area (Å²) < 4.78 is 31.9. The van der Waals surface area contributed by atoms with E-state index in [1.807, 2.05) is 0 Å². The molecule has 1 fully saturated rings. The molecule has 0 bridgehead atoms. The van der Waals surface area contributed by atoms with Crippen LogP contribution in [0.15, 0.2) is 18.2 Å². The van der Waals surface area contributed by atoms with E-state index in [1.54, 1.807) is 0 Å². The summed E-state index contributed by atoms with van der Waals surface area (Å²) >= 11 is 0. The van der Waals surface area contributed by atoms with Crippen LogP contribution < -0.4 is 0 Å². The first-order valence-corrected chi connectivity index (χ1v) is 6.00. The van der Waals surface area contributed by atoms with Gasteiger partial charge < -0.3 is 4.74 Å². The summed E-state index contributed by atoms with van der Waals surface area (Å²) in [4.78, 5) is 2.27. The van der Waals surface area contributed by atoms with Crippen LogP contribution in [-0.4, -0.2) is 37.7 Å². The van der Waals surface area contributed by atoms with Gasteiger partial charge in [-0.15, -0.1) is 0 Å². The van der Waals surface area contributed by atoms with Crippen molar-refractivity contribution >= 4 is 0 Å². The molecule has 2 rings (SSSR count). The lowest BCUT2D eigenvalue weighted by Crippen LogP contribution is -2.37. The lowest BCUT2D eigenvalue weighted by Gasteiger charge is -2.26. The molecule has 1 saturated heterocycles. The summed E-state index contributed by atoms with van der Waals surface area (Å²) in [5.74, 6) is -0.876. The van der Waals surface area contributed by atoms with E-state index in [4.69, 9.17) is 4.74 Å². The smallest absolute Gasteiger partial charge is 0.129 e. The van der Waals surface area contributed by atoms with Crippen LogP contribution in [0.1, 0.15) is 12.0 Å². The molecule has 0 N–H and O–H groups in total. The summed E-state index contributed by atoms with van der Waals surface area (Å²) in [5.41, 5.74) is 0.209. The highest BCUT2D eigenvalue weighted by molar-refractivity contribution is 5.19. The van der Waals surface area contributed by atoms with Gasteiger partial charge in [0.05, 0.1) is 13.2 Å². The number of halogens is 2. The number of benzene rings is 1. The van der Waals surface area contributed by atoms with Crippen molar-refractivity contribution in [2.24, 2.45) is 0 Å². The van der Waals surface area contributed by atoms with Gasteiger partial charge in [-0.05, 0) is 31.5 Å². The quantitative estimate of drug-likeness (QED) is 0.801. The topological polar surface area (TPSA) is 12.5 Å². The zero-order chi connectivity index (χ0) is 12.1. The molecule has 0 radical (unpaired) electrons. The Morgan fingerprint density at radius 1 is 1.12 bits per heavy atom. The molecule has 0 amide bonds. The van der Waals surface area contributed by atoms with E-state index < -0.39 is 11.6 Å². The maximum absolute atomic E-state index is 13.3. The van der Waals surface area contributed by atoms with Gasteiger partial charge in [0.2, 0.25) is 0 Å². The Morgan fingerprint density at radius 2 is 1.76 bits per heavy atom. The first-order chi connectivity index (χ1) is 8.27. The second-order valence-corrected chi connectivity index (χ2v) is 4.26. The van der Waals surface area contributed by atoms with Crippen molar-refractivity contribution < 1.29 is 13.5 Å². The predicted octanol–water partition coefficient (Wildman–Crippen LogP) is 2.23. The summed E-state index contributed by atoms with van der Waals surface area (Å²) in [7, 11) is 0. The summed E-state index contributed by atoms with van der Waals surface area (Å²) in [5, 5.41) is 0. The number of hydrogen-bond acceptors (Lipinski definition) is 2. The molecule has 1 heterocycles. The fraction of sp³-hybridized carbons (Fsp3) is 0.538. The second kappa shape index (κ2) is 6.07. The summed E-state index contributed by atoms with van der Waals surface area (Å²) in [6, 6.07) is 4.02. The Hall–Kier alpha value is -1.00. The van der Waals surface area contributed by atoms with Crippen molar-refractivity contribution in [2.45, 2.75) is 12.8 Å². The molecule has 0 atom stereocenters. The van der Waals surface area contributed by atoms with Gasteiger partial charge in [0.15, 0.2) is 0 Å². The monoisotopic (exact) mass is 241 g/mol. The van der Waals surface area contributed by atoms with Crippen molar-refractivity contribution in [1.82, 2.24) is 4.90 Å². The fourth-order valence-electron chi connectivity index (χ4n) is 2.08. The molecule has 1 aliphatic heterocycles. The van der Waals surface area contributed by atoms with E-state index in [0.717, 1.165) is 39.3 Å². The van der Waals surface area contributed by atoms with E-state index in [1.165, 1.54) is 18.2 Å². The minimum absolute atomic E-state index is 0.209. The molecular formula is C13H17F2NO. The molecule has 1 aliphatic rings. The molecule has 17 heavy (non-hydrogen) atoms. The SMILES string of the molecule is Fc1cccc(F)c1CCCN1CCOCC1. The van der Waals surface area contributed by atoms with Crippen molar-refractivity contribution in [1.29, 1.82) is 0 Å². The van der Waals surface area contributed by atoms with Gasteiger partial charge in [-0.25, -0.2) is 8.78 Å². The molecule has 0 spiro atoms. The third-order valence-corrected chi connectivity index (χ3v) is 3.07. The molecular weight excluding hydrogens is 224 g/mol. The van der Waals surface area contributed by atoms with Gasteiger partial charge in [0.1, 0.15) is 11.6 Å². The molecule has 4 heteroatoms. The largest absolute Gasteiger partial charge is 0.379 e. The van der Waals surface area contributed by atoms with Gasteiger partial charge in [0, 0.05) is 18.7 Å². The number of hydrogen-bond donors (Lipinski definition) is 0. The van der Waals surface area contributed by atoms with Crippen LogP contribution in [0.5, 0.6) is 0 Å². The van der Waals surface area contributed by atoms with E-state index in [0.29, 0.717) is 6.42 Å². The maximum Gasteiger partial charge on any atom is 0.129 e. The van der Waals surface area contributed by atoms with Gasteiger partial charge in [-0.2, -0.15) is 0 Å². The van der Waals surface area contributed by atoms with Crippen LogP contribution >= 0.6 is 0 Å². The van der Waals surface area contributed by atoms with Crippen LogP contribution in [0.3, 0.4) is 0 Å². The highest BCUT2D eigenvalue weighted by Gasteiger charge is 2.11. The van der Waals surface area contributed by atoms with Crippen molar-refractivity contribution in [3.05, 3.63) is 35.4 Å². The lowest BCUT2D eigenvalue weighted by atomic mass is 10.1. The molecule has 0 aliphatic carbocycles. The Balaban J connectivity index is 1.81. The van der Waals surface area contributed by atoms with Crippen LogP contribution in [0.2, 0.25) is 0 Å². The van der Waals surface area contributed by atoms with E-state index in [-0.39, 0.29) is 5.56 Å². The first-order valence-electron chi connectivity index (χ1n) is 6.00. The normalized spacial score (nSPS) is 17.3. The average Bonchev–Trinajstić information content (AvgIpc) is 2.34. The highest BCUT2D eigenvalue weighted by atomic mass is 19.1. The fourth-order valence-corrected chi connectivity index (χ4v) is 2.08. The Morgan fingerprint density at radius 3 is 2.41 bits per heavy atom. The zero-order valence-corrected chi connectivity index (χ0v) is 9.79. The van der Waals surface area contributed by atoms with Crippen molar-refractivity contribution in [3.8, 4) is 0 Å². The van der Waals surface area contributed by atoms with E-state index in [9.17, 15) is 8.78 Å². The maximum atomic E-state index is 13.3. The van der Waals surface area contributed by atoms with Crippen LogP contribution in [0.25, 0.3) is 0 Å². The molecule has 94 valence electrons. The Labute approximate surface area is 100 Å². The lowest BCUT2D eigenvalue weighted by molar-refractivity contribution is 0.0374. The minimum Gasteiger partial charge on any atom is -0.379 e. The molecule has 2 nitrogen and oxygen atoms in total. The molecule has 0 saturated carbocycles. The summed E-state index contributed by atoms with van der Waals surface area (Å²) in [6.07, 6.45) is 1.23. The van der Waals surface area contributed by atoms with Crippen LogP contribution in [0, 0.1) is 11.6 Å². The molecule has 0 aromatic heterocycles. The van der Waals surface area contributed by atoms with Gasteiger partial charge in [-0.3, -0.25) is 4.90 Å². The first kappa shape index (κ1) is 12.5. The van der Waals surface area contributed by atoms with E-state index in [2.05, 4.69) is 4.90 Å². The Bertz CT molecular complexity index is 344. The van der Waals surface area contributed by atoms with Gasteiger partial charge in [-0.1, -0.05) is 6.07 Å². The van der Waals surface area contributed by atoms with Crippen molar-refractivity contribution in [3.63, 3.8) is 0 Å². The standard InChI is InChI=1S/C13H17F2NO/c14-12-4-1-5-13(15)11(12)3-2-6-16-7-9-17-10-8-16/h1,4-5H,2-3,6-10H2. The third-order valence-electron chi connectivity index (χ3n) is 3.07. The number of nitrogens with zero attached hydrogens (tertiary/aromatic N) is 1. The van der Waals surface area contributed by atoms with Crippen LogP contribution in [0.4, 0.5) is 8.78 Å². The molecule has 1 aromatic carbocycles. The highest BCUT2D eigenvalue weighted by Crippen LogP contribution is 2.14. The zero-order valence-electron chi connectivity index (χ0n) is 9.79. The predicted molar refractivity (Wildman–Crippen MR) is 61.9 cm³/mol. The summed E-state index contributed by atoms with van der Waals surface area (Å²) in [6.45, 7) is 4.22. The number of morpholine rings is 1. The number of ether oxygens (including phenoxy) is 1.